The largest absolute Gasteiger partial charge is 0.336 e. The van der Waals surface area contributed by atoms with Crippen molar-refractivity contribution < 1.29 is 4.79 Å². The summed E-state index contributed by atoms with van der Waals surface area (Å²) >= 11 is 0. The van der Waals surface area contributed by atoms with Gasteiger partial charge in [0.15, 0.2) is 0 Å². The van der Waals surface area contributed by atoms with Crippen LogP contribution in [0.15, 0.2) is 12.2 Å². The Morgan fingerprint density at radius 1 is 1.58 bits per heavy atom. The van der Waals surface area contributed by atoms with Crippen molar-refractivity contribution in [3.8, 4) is 0 Å². The van der Waals surface area contributed by atoms with Gasteiger partial charge in [-0.05, 0) is 38.2 Å². The molecular formula is C10H15NO. The molecule has 0 aromatic carbocycles. The van der Waals surface area contributed by atoms with Crippen molar-refractivity contribution in [1.82, 2.24) is 4.90 Å². The minimum Gasteiger partial charge on any atom is -0.336 e. The number of hydrogen-bond acceptors (Lipinski definition) is 1. The molecule has 2 aliphatic rings. The van der Waals surface area contributed by atoms with E-state index < -0.39 is 0 Å². The van der Waals surface area contributed by atoms with Crippen LogP contribution in [0, 0.1) is 5.92 Å². The standard InChI is InChI=1S/C10H15NO/c1-2-4-10(12)11-6-3-5-8-7-9(8)11/h2,4,8-9H,3,5-7H2,1H3/b4-2+. The lowest BCUT2D eigenvalue weighted by atomic mass is 10.1. The highest BCUT2D eigenvalue weighted by atomic mass is 16.2. The normalized spacial score (nSPS) is 33.6. The molecule has 12 heavy (non-hydrogen) atoms. The Kier molecular flexibility index (Phi) is 1.91. The monoisotopic (exact) mass is 165 g/mol. The van der Waals surface area contributed by atoms with Gasteiger partial charge in [-0.1, -0.05) is 6.08 Å². The van der Waals surface area contributed by atoms with Gasteiger partial charge in [-0.15, -0.1) is 0 Å². The summed E-state index contributed by atoms with van der Waals surface area (Å²) in [6, 6.07) is 0.599. The van der Waals surface area contributed by atoms with E-state index in [1.165, 1.54) is 19.3 Å². The first kappa shape index (κ1) is 7.84. The summed E-state index contributed by atoms with van der Waals surface area (Å²) in [5, 5.41) is 0. The van der Waals surface area contributed by atoms with E-state index >= 15 is 0 Å². The van der Waals surface area contributed by atoms with E-state index in [9.17, 15) is 4.79 Å². The molecule has 0 aromatic rings. The number of rotatable bonds is 1. The topological polar surface area (TPSA) is 20.3 Å². The molecule has 66 valence electrons. The Balaban J connectivity index is 1.98. The number of carbonyl (C=O) groups is 1. The third kappa shape index (κ3) is 1.26. The summed E-state index contributed by atoms with van der Waals surface area (Å²) in [6.07, 6.45) is 7.30. The van der Waals surface area contributed by atoms with Gasteiger partial charge < -0.3 is 4.90 Å². The molecule has 1 aliphatic heterocycles. The summed E-state index contributed by atoms with van der Waals surface area (Å²) in [4.78, 5) is 13.5. The Bertz CT molecular complexity index is 222. The van der Waals surface area contributed by atoms with Crippen LogP contribution in [0.3, 0.4) is 0 Å². The molecule has 2 rings (SSSR count). The fourth-order valence-corrected chi connectivity index (χ4v) is 2.13. The van der Waals surface area contributed by atoms with Gasteiger partial charge in [-0.25, -0.2) is 0 Å². The first-order valence-corrected chi connectivity index (χ1v) is 4.76. The highest BCUT2D eigenvalue weighted by Gasteiger charge is 2.45. The van der Waals surface area contributed by atoms with E-state index in [-0.39, 0.29) is 5.91 Å². The van der Waals surface area contributed by atoms with Crippen LogP contribution in [0.4, 0.5) is 0 Å². The van der Waals surface area contributed by atoms with Gasteiger partial charge >= 0.3 is 0 Å². The number of carbonyl (C=O) groups excluding carboxylic acids is 1. The third-order valence-electron chi connectivity index (χ3n) is 2.85. The predicted octanol–water partition coefficient (Wildman–Crippen LogP) is 1.57. The van der Waals surface area contributed by atoms with Crippen LogP contribution in [-0.4, -0.2) is 23.4 Å². The molecule has 2 fully saturated rings. The smallest absolute Gasteiger partial charge is 0.246 e. The summed E-state index contributed by atoms with van der Waals surface area (Å²) in [5.41, 5.74) is 0. The van der Waals surface area contributed by atoms with E-state index in [0.29, 0.717) is 6.04 Å². The molecule has 1 saturated heterocycles. The molecule has 2 nitrogen and oxygen atoms in total. The first-order valence-electron chi connectivity index (χ1n) is 4.76. The summed E-state index contributed by atoms with van der Waals surface area (Å²) in [7, 11) is 0. The van der Waals surface area contributed by atoms with Crippen molar-refractivity contribution in [2.75, 3.05) is 6.54 Å². The predicted molar refractivity (Wildman–Crippen MR) is 47.7 cm³/mol. The maximum absolute atomic E-state index is 11.5. The van der Waals surface area contributed by atoms with Crippen LogP contribution in [0.1, 0.15) is 26.2 Å². The number of nitrogens with zero attached hydrogens (tertiary/aromatic N) is 1. The number of amides is 1. The van der Waals surface area contributed by atoms with Crippen molar-refractivity contribution >= 4 is 5.91 Å². The zero-order valence-corrected chi connectivity index (χ0v) is 7.49. The lowest BCUT2D eigenvalue weighted by molar-refractivity contribution is -0.127. The van der Waals surface area contributed by atoms with Gasteiger partial charge in [-0.3, -0.25) is 4.79 Å². The third-order valence-corrected chi connectivity index (χ3v) is 2.85. The van der Waals surface area contributed by atoms with Crippen LogP contribution in [0.2, 0.25) is 0 Å². The molecule has 0 bridgehead atoms. The molecule has 2 heteroatoms. The molecule has 0 N–H and O–H groups in total. The zero-order chi connectivity index (χ0) is 8.55. The molecule has 0 aromatic heterocycles. The van der Waals surface area contributed by atoms with E-state index in [1.807, 2.05) is 17.9 Å². The molecule has 1 amide bonds. The van der Waals surface area contributed by atoms with Gasteiger partial charge in [-0.2, -0.15) is 0 Å². The highest BCUT2D eigenvalue weighted by molar-refractivity contribution is 5.88. The van der Waals surface area contributed by atoms with E-state index in [4.69, 9.17) is 0 Å². The second-order valence-corrected chi connectivity index (χ2v) is 3.74. The van der Waals surface area contributed by atoms with Gasteiger partial charge in [0.2, 0.25) is 5.91 Å². The van der Waals surface area contributed by atoms with Crippen molar-refractivity contribution in [2.45, 2.75) is 32.2 Å². The first-order chi connectivity index (χ1) is 5.83. The average molecular weight is 165 g/mol. The average Bonchev–Trinajstić information content (AvgIpc) is 2.81. The minimum absolute atomic E-state index is 0.213. The maximum atomic E-state index is 11.5. The van der Waals surface area contributed by atoms with Crippen molar-refractivity contribution in [2.24, 2.45) is 5.92 Å². The molecule has 0 spiro atoms. The molecular weight excluding hydrogens is 150 g/mol. The van der Waals surface area contributed by atoms with Crippen molar-refractivity contribution in [1.29, 1.82) is 0 Å². The molecule has 2 unspecified atom stereocenters. The molecule has 1 heterocycles. The Morgan fingerprint density at radius 2 is 2.42 bits per heavy atom. The van der Waals surface area contributed by atoms with E-state index in [2.05, 4.69) is 0 Å². The van der Waals surface area contributed by atoms with Gasteiger partial charge in [0, 0.05) is 12.6 Å². The second-order valence-electron chi connectivity index (χ2n) is 3.74. The molecule has 1 aliphatic carbocycles. The van der Waals surface area contributed by atoms with Crippen LogP contribution in [0.25, 0.3) is 0 Å². The van der Waals surface area contributed by atoms with Gasteiger partial charge in [0.05, 0.1) is 0 Å². The second kappa shape index (κ2) is 2.92. The Labute approximate surface area is 73.2 Å². The summed E-state index contributed by atoms with van der Waals surface area (Å²) < 4.78 is 0. The zero-order valence-electron chi connectivity index (χ0n) is 7.49. The van der Waals surface area contributed by atoms with Gasteiger partial charge in [0.1, 0.15) is 0 Å². The summed E-state index contributed by atoms with van der Waals surface area (Å²) in [5.74, 6) is 1.05. The Hall–Kier alpha value is -0.790. The van der Waals surface area contributed by atoms with E-state index in [1.54, 1.807) is 6.08 Å². The number of piperidine rings is 1. The minimum atomic E-state index is 0.213. The number of hydrogen-bond donors (Lipinski definition) is 0. The van der Waals surface area contributed by atoms with Crippen LogP contribution in [0.5, 0.6) is 0 Å². The number of likely N-dealkylation sites (tertiary alicyclic amines) is 1. The molecule has 0 radical (unpaired) electrons. The number of allylic oxidation sites excluding steroid dienone is 1. The van der Waals surface area contributed by atoms with Crippen molar-refractivity contribution in [3.05, 3.63) is 12.2 Å². The Morgan fingerprint density at radius 3 is 3.17 bits per heavy atom. The van der Waals surface area contributed by atoms with E-state index in [0.717, 1.165) is 12.5 Å². The van der Waals surface area contributed by atoms with Crippen molar-refractivity contribution in [3.63, 3.8) is 0 Å². The SMILES string of the molecule is C/C=C/C(=O)N1CCCC2CC21. The lowest BCUT2D eigenvalue weighted by Gasteiger charge is -2.25. The lowest BCUT2D eigenvalue weighted by Crippen LogP contribution is -2.36. The fourth-order valence-electron chi connectivity index (χ4n) is 2.13. The maximum Gasteiger partial charge on any atom is 0.246 e. The molecule has 2 atom stereocenters. The van der Waals surface area contributed by atoms with Gasteiger partial charge in [0.25, 0.3) is 0 Å². The van der Waals surface area contributed by atoms with Crippen LogP contribution in [-0.2, 0) is 4.79 Å². The number of fused-ring (bicyclic) bond motifs is 1. The van der Waals surface area contributed by atoms with Crippen LogP contribution < -0.4 is 0 Å². The highest BCUT2D eigenvalue weighted by Crippen LogP contribution is 2.42. The fraction of sp³-hybridized carbons (Fsp3) is 0.700. The quantitative estimate of drug-likeness (QED) is 0.540. The summed E-state index contributed by atoms with van der Waals surface area (Å²) in [6.45, 7) is 2.87. The van der Waals surface area contributed by atoms with Crippen LogP contribution >= 0.6 is 0 Å². The molecule has 1 saturated carbocycles.